The standard InChI is InChI=1S/C11H10BrF2NO/c1-5-8(4-15-2)16-11-9(5)6(12)3-7(13)10(11)14/h3,15H,4H2,1-2H3. The second-order valence-electron chi connectivity index (χ2n) is 3.54. The van der Waals surface area contributed by atoms with Crippen molar-refractivity contribution in [2.45, 2.75) is 13.5 Å². The van der Waals surface area contributed by atoms with Gasteiger partial charge in [0, 0.05) is 15.4 Å². The van der Waals surface area contributed by atoms with E-state index in [9.17, 15) is 8.78 Å². The Bertz CT molecular complexity index is 551. The second-order valence-corrected chi connectivity index (χ2v) is 4.39. The van der Waals surface area contributed by atoms with Gasteiger partial charge in [0.1, 0.15) is 5.76 Å². The zero-order valence-corrected chi connectivity index (χ0v) is 10.4. The van der Waals surface area contributed by atoms with Crippen LogP contribution in [0.1, 0.15) is 11.3 Å². The van der Waals surface area contributed by atoms with E-state index in [4.69, 9.17) is 4.42 Å². The fourth-order valence-electron chi connectivity index (χ4n) is 1.69. The lowest BCUT2D eigenvalue weighted by Gasteiger charge is -1.97. The second kappa shape index (κ2) is 4.14. The molecule has 2 aromatic rings. The SMILES string of the molecule is CNCc1oc2c(F)c(F)cc(Br)c2c1C. The lowest BCUT2D eigenvalue weighted by atomic mass is 10.1. The van der Waals surface area contributed by atoms with Gasteiger partial charge in [-0.15, -0.1) is 0 Å². The highest BCUT2D eigenvalue weighted by Crippen LogP contribution is 2.34. The van der Waals surface area contributed by atoms with Gasteiger partial charge in [0.25, 0.3) is 0 Å². The number of hydrogen-bond donors (Lipinski definition) is 1. The van der Waals surface area contributed by atoms with Gasteiger partial charge in [-0.25, -0.2) is 4.39 Å². The van der Waals surface area contributed by atoms with Crippen molar-refractivity contribution >= 4 is 26.9 Å². The van der Waals surface area contributed by atoms with E-state index in [2.05, 4.69) is 21.2 Å². The quantitative estimate of drug-likeness (QED) is 0.856. The molecule has 0 fully saturated rings. The van der Waals surface area contributed by atoms with E-state index in [-0.39, 0.29) is 5.58 Å². The van der Waals surface area contributed by atoms with Crippen LogP contribution in [0.5, 0.6) is 0 Å². The lowest BCUT2D eigenvalue weighted by Crippen LogP contribution is -2.04. The molecule has 0 aliphatic carbocycles. The molecule has 5 heteroatoms. The highest BCUT2D eigenvalue weighted by molar-refractivity contribution is 9.10. The van der Waals surface area contributed by atoms with Gasteiger partial charge in [-0.05, 0) is 36.0 Å². The maximum absolute atomic E-state index is 13.5. The summed E-state index contributed by atoms with van der Waals surface area (Å²) in [4.78, 5) is 0. The molecule has 0 radical (unpaired) electrons. The Kier molecular flexibility index (Phi) is 2.99. The average Bonchev–Trinajstić information content (AvgIpc) is 2.55. The van der Waals surface area contributed by atoms with Gasteiger partial charge in [0.05, 0.1) is 6.54 Å². The fraction of sp³-hybridized carbons (Fsp3) is 0.273. The highest BCUT2D eigenvalue weighted by Gasteiger charge is 2.19. The molecule has 0 saturated heterocycles. The Morgan fingerprint density at radius 2 is 2.12 bits per heavy atom. The molecule has 0 saturated carbocycles. The van der Waals surface area contributed by atoms with Crippen molar-refractivity contribution in [1.82, 2.24) is 5.32 Å². The van der Waals surface area contributed by atoms with Gasteiger partial charge in [0.2, 0.25) is 5.82 Å². The number of rotatable bonds is 2. The van der Waals surface area contributed by atoms with Gasteiger partial charge in [0.15, 0.2) is 11.4 Å². The van der Waals surface area contributed by atoms with Crippen LogP contribution in [0.3, 0.4) is 0 Å². The van der Waals surface area contributed by atoms with Crippen LogP contribution in [-0.4, -0.2) is 7.05 Å². The first-order valence-corrected chi connectivity index (χ1v) is 5.55. The number of halogens is 3. The Hall–Kier alpha value is -0.940. The molecule has 1 N–H and O–H groups in total. The number of aryl methyl sites for hydroxylation is 1. The van der Waals surface area contributed by atoms with Crippen molar-refractivity contribution < 1.29 is 13.2 Å². The van der Waals surface area contributed by atoms with Crippen molar-refractivity contribution in [2.75, 3.05) is 7.05 Å². The smallest absolute Gasteiger partial charge is 0.201 e. The third kappa shape index (κ3) is 1.64. The van der Waals surface area contributed by atoms with E-state index in [0.29, 0.717) is 22.2 Å². The summed E-state index contributed by atoms with van der Waals surface area (Å²) in [6.45, 7) is 2.30. The number of benzene rings is 1. The maximum Gasteiger partial charge on any atom is 0.201 e. The molecule has 2 rings (SSSR count). The van der Waals surface area contributed by atoms with Crippen LogP contribution in [0.4, 0.5) is 8.78 Å². The van der Waals surface area contributed by atoms with Gasteiger partial charge >= 0.3 is 0 Å². The van der Waals surface area contributed by atoms with E-state index < -0.39 is 11.6 Å². The van der Waals surface area contributed by atoms with Crippen LogP contribution in [0.15, 0.2) is 15.0 Å². The summed E-state index contributed by atoms with van der Waals surface area (Å²) in [7, 11) is 1.76. The molecular weight excluding hydrogens is 280 g/mol. The van der Waals surface area contributed by atoms with E-state index in [0.717, 1.165) is 11.6 Å². The third-order valence-electron chi connectivity index (χ3n) is 2.48. The predicted molar refractivity (Wildman–Crippen MR) is 61.3 cm³/mol. The molecule has 0 unspecified atom stereocenters. The minimum absolute atomic E-state index is 0.0328. The van der Waals surface area contributed by atoms with Gasteiger partial charge < -0.3 is 9.73 Å². The topological polar surface area (TPSA) is 25.2 Å². The zero-order chi connectivity index (χ0) is 11.9. The van der Waals surface area contributed by atoms with Crippen LogP contribution < -0.4 is 5.32 Å². The van der Waals surface area contributed by atoms with E-state index in [1.54, 1.807) is 7.05 Å². The molecule has 0 bridgehead atoms. The minimum Gasteiger partial charge on any atom is -0.456 e. The highest BCUT2D eigenvalue weighted by atomic mass is 79.9. The molecule has 0 aliphatic heterocycles. The Balaban J connectivity index is 2.80. The van der Waals surface area contributed by atoms with Gasteiger partial charge in [-0.1, -0.05) is 0 Å². The molecular formula is C11H10BrF2NO. The Morgan fingerprint density at radius 3 is 2.75 bits per heavy atom. The molecule has 1 heterocycles. The van der Waals surface area contributed by atoms with Crippen molar-refractivity contribution in [3.8, 4) is 0 Å². The summed E-state index contributed by atoms with van der Waals surface area (Å²) < 4.78 is 32.5. The molecule has 16 heavy (non-hydrogen) atoms. The summed E-state index contributed by atoms with van der Waals surface area (Å²) in [6.07, 6.45) is 0. The average molecular weight is 290 g/mol. The summed E-state index contributed by atoms with van der Waals surface area (Å²) in [5.74, 6) is -1.24. The molecule has 1 aromatic carbocycles. The van der Waals surface area contributed by atoms with Crippen molar-refractivity contribution in [1.29, 1.82) is 0 Å². The molecule has 0 atom stereocenters. The minimum atomic E-state index is -0.941. The number of nitrogens with one attached hydrogen (secondary N) is 1. The molecule has 0 amide bonds. The van der Waals surface area contributed by atoms with Crippen molar-refractivity contribution in [3.05, 3.63) is 33.5 Å². The van der Waals surface area contributed by atoms with E-state index in [1.165, 1.54) is 0 Å². The predicted octanol–water partition coefficient (Wildman–Crippen LogP) is 3.50. The lowest BCUT2D eigenvalue weighted by molar-refractivity contribution is 0.472. The van der Waals surface area contributed by atoms with E-state index >= 15 is 0 Å². The number of fused-ring (bicyclic) bond motifs is 1. The first-order valence-electron chi connectivity index (χ1n) is 4.76. The van der Waals surface area contributed by atoms with Crippen LogP contribution in [0, 0.1) is 18.6 Å². The summed E-state index contributed by atoms with van der Waals surface area (Å²) in [5.41, 5.74) is 0.782. The van der Waals surface area contributed by atoms with Crippen LogP contribution in [0.2, 0.25) is 0 Å². The molecule has 0 aliphatic rings. The van der Waals surface area contributed by atoms with Crippen molar-refractivity contribution in [2.24, 2.45) is 0 Å². The van der Waals surface area contributed by atoms with Gasteiger partial charge in [-0.2, -0.15) is 4.39 Å². The monoisotopic (exact) mass is 289 g/mol. The number of hydrogen-bond acceptors (Lipinski definition) is 2. The Morgan fingerprint density at radius 1 is 1.44 bits per heavy atom. The normalized spacial score (nSPS) is 11.3. The third-order valence-corrected chi connectivity index (χ3v) is 3.11. The summed E-state index contributed by atoms with van der Waals surface area (Å²) in [6, 6.07) is 1.11. The molecule has 2 nitrogen and oxygen atoms in total. The maximum atomic E-state index is 13.5. The Labute approximate surface area is 99.8 Å². The van der Waals surface area contributed by atoms with Crippen molar-refractivity contribution in [3.63, 3.8) is 0 Å². The first-order chi connectivity index (χ1) is 7.56. The van der Waals surface area contributed by atoms with Crippen LogP contribution in [-0.2, 0) is 6.54 Å². The number of furan rings is 1. The molecule has 0 spiro atoms. The van der Waals surface area contributed by atoms with Crippen LogP contribution >= 0.6 is 15.9 Å². The summed E-state index contributed by atoms with van der Waals surface area (Å²) >= 11 is 3.21. The van der Waals surface area contributed by atoms with Gasteiger partial charge in [-0.3, -0.25) is 0 Å². The molecule has 1 aromatic heterocycles. The molecule has 86 valence electrons. The summed E-state index contributed by atoms with van der Waals surface area (Å²) in [5, 5.41) is 3.50. The van der Waals surface area contributed by atoms with Crippen LogP contribution in [0.25, 0.3) is 11.0 Å². The first kappa shape index (κ1) is 11.5. The zero-order valence-electron chi connectivity index (χ0n) is 8.83. The fourth-order valence-corrected chi connectivity index (χ4v) is 2.37. The largest absolute Gasteiger partial charge is 0.456 e. The van der Waals surface area contributed by atoms with E-state index in [1.807, 2.05) is 6.92 Å².